The van der Waals surface area contributed by atoms with Crippen molar-refractivity contribution in [2.45, 2.75) is 52.0 Å². The number of benzene rings is 2. The number of aryl methyl sites for hydroxylation is 1. The van der Waals surface area contributed by atoms with E-state index < -0.39 is 17.3 Å². The number of hydrogen-bond acceptors (Lipinski definition) is 3. The van der Waals surface area contributed by atoms with Gasteiger partial charge in [-0.2, -0.15) is 0 Å². The molecular weight excluding hydrogens is 520 g/mol. The average molecular weight is 550 g/mol. The third kappa shape index (κ3) is 6.79. The molecule has 0 bridgehead atoms. The minimum Gasteiger partial charge on any atom is -0.349 e. The van der Waals surface area contributed by atoms with Crippen molar-refractivity contribution in [3.05, 3.63) is 122 Å². The van der Waals surface area contributed by atoms with Gasteiger partial charge in [0.2, 0.25) is 0 Å². The molecule has 2 aromatic carbocycles. The highest BCUT2D eigenvalue weighted by molar-refractivity contribution is 6.31. The van der Waals surface area contributed by atoms with Crippen molar-refractivity contribution >= 4 is 29.4 Å². The Morgan fingerprint density at radius 1 is 1.18 bits per heavy atom. The van der Waals surface area contributed by atoms with Crippen molar-refractivity contribution in [3.8, 4) is 0 Å². The Labute approximate surface area is 231 Å². The first-order valence-electron chi connectivity index (χ1n) is 12.8. The van der Waals surface area contributed by atoms with Gasteiger partial charge in [-0.25, -0.2) is 8.78 Å². The quantitative estimate of drug-likeness (QED) is 0.298. The summed E-state index contributed by atoms with van der Waals surface area (Å²) >= 11 is 6.53. The Morgan fingerprint density at radius 3 is 2.54 bits per heavy atom. The number of rotatable bonds is 9. The zero-order chi connectivity index (χ0) is 28.1. The highest BCUT2D eigenvalue weighted by Gasteiger charge is 2.26. The predicted octanol–water partition coefficient (Wildman–Crippen LogP) is 6.82. The van der Waals surface area contributed by atoms with Crippen LogP contribution in [0.15, 0.2) is 76.7 Å². The summed E-state index contributed by atoms with van der Waals surface area (Å²) in [6.07, 6.45) is 8.60. The second-order valence-electron chi connectivity index (χ2n) is 9.69. The lowest BCUT2D eigenvalue weighted by atomic mass is 9.93. The summed E-state index contributed by atoms with van der Waals surface area (Å²) < 4.78 is 30.1. The van der Waals surface area contributed by atoms with Gasteiger partial charge in [0.1, 0.15) is 16.7 Å². The normalized spacial score (nSPS) is 14.8. The van der Waals surface area contributed by atoms with Crippen LogP contribution in [0.5, 0.6) is 0 Å². The van der Waals surface area contributed by atoms with Crippen LogP contribution in [0.2, 0.25) is 5.02 Å². The van der Waals surface area contributed by atoms with Gasteiger partial charge >= 0.3 is 0 Å². The predicted molar refractivity (Wildman–Crippen MR) is 153 cm³/mol. The molecule has 0 spiro atoms. The number of nitrogens with one attached hydrogen (secondary N) is 1. The maximum Gasteiger partial charge on any atom is 0.273 e. The van der Waals surface area contributed by atoms with Gasteiger partial charge in [0.25, 0.3) is 11.5 Å². The zero-order valence-electron chi connectivity index (χ0n) is 22.0. The largest absolute Gasteiger partial charge is 0.349 e. The molecule has 1 atom stereocenters. The Kier molecular flexibility index (Phi) is 8.92. The first-order valence-corrected chi connectivity index (χ1v) is 13.2. The van der Waals surface area contributed by atoms with Crippen molar-refractivity contribution in [2.24, 2.45) is 4.99 Å². The minimum atomic E-state index is -0.685. The Balaban J connectivity index is 1.65. The molecule has 5 nitrogen and oxygen atoms in total. The SMILES string of the molecule is C/C=C/N=C(/C=C/n1c(C)cc(C(C)Cc2ccc(F)cc2)c(Cl)c1=O)c1cccc(C(=O)NC2CC2)c1F. The summed E-state index contributed by atoms with van der Waals surface area (Å²) in [5.41, 5.74) is 2.15. The Hall–Kier alpha value is -3.84. The van der Waals surface area contributed by atoms with E-state index in [1.54, 1.807) is 44.2 Å². The number of pyridine rings is 1. The molecule has 1 aliphatic rings. The van der Waals surface area contributed by atoms with Crippen LogP contribution in [0.1, 0.15) is 65.3 Å². The highest BCUT2D eigenvalue weighted by Crippen LogP contribution is 2.27. The number of aromatic nitrogens is 1. The van der Waals surface area contributed by atoms with Crippen LogP contribution < -0.4 is 10.9 Å². The molecule has 8 heteroatoms. The van der Waals surface area contributed by atoms with E-state index in [1.807, 2.05) is 13.0 Å². The van der Waals surface area contributed by atoms with E-state index in [1.165, 1.54) is 41.2 Å². The topological polar surface area (TPSA) is 63.5 Å². The molecule has 1 fully saturated rings. The third-order valence-corrected chi connectivity index (χ3v) is 6.95. The number of aliphatic imine (C=N–C) groups is 1. The summed E-state index contributed by atoms with van der Waals surface area (Å²) in [7, 11) is 0. The van der Waals surface area contributed by atoms with Gasteiger partial charge in [-0.15, -0.1) is 0 Å². The first-order chi connectivity index (χ1) is 18.7. The standard InChI is InChI=1S/C31H30ClF2N3O2/c1-4-15-35-27(24-6-5-7-25(29(24)34)30(38)36-23-12-13-23)14-16-37-20(3)18-26(28(32)31(37)39)19(2)17-21-8-10-22(33)11-9-21/h4-11,14-16,18-19,23H,12-13,17H2,1-3H3,(H,36,38)/b15-4+,16-14+,35-27-. The summed E-state index contributed by atoms with van der Waals surface area (Å²) in [5.74, 6) is -1.54. The lowest BCUT2D eigenvalue weighted by Crippen LogP contribution is -2.26. The lowest BCUT2D eigenvalue weighted by Gasteiger charge is -2.16. The number of halogens is 3. The average Bonchev–Trinajstić information content (AvgIpc) is 3.73. The third-order valence-electron chi connectivity index (χ3n) is 6.57. The number of allylic oxidation sites excluding steroid dienone is 2. The Morgan fingerprint density at radius 2 is 1.87 bits per heavy atom. The van der Waals surface area contributed by atoms with Crippen LogP contribution >= 0.6 is 11.6 Å². The lowest BCUT2D eigenvalue weighted by molar-refractivity contribution is 0.0947. The maximum absolute atomic E-state index is 15.5. The van der Waals surface area contributed by atoms with Crippen LogP contribution in [0, 0.1) is 18.6 Å². The highest BCUT2D eigenvalue weighted by atomic mass is 35.5. The van der Waals surface area contributed by atoms with E-state index in [4.69, 9.17) is 11.6 Å². The van der Waals surface area contributed by atoms with E-state index in [-0.39, 0.29) is 39.6 Å². The second kappa shape index (κ2) is 12.3. The van der Waals surface area contributed by atoms with E-state index in [0.29, 0.717) is 17.7 Å². The van der Waals surface area contributed by atoms with Crippen molar-refractivity contribution in [1.82, 2.24) is 9.88 Å². The monoisotopic (exact) mass is 549 g/mol. The number of nitrogens with zero attached hydrogens (tertiary/aromatic N) is 2. The molecule has 0 aliphatic heterocycles. The summed E-state index contributed by atoms with van der Waals surface area (Å²) in [4.78, 5) is 30.1. The molecule has 39 heavy (non-hydrogen) atoms. The van der Waals surface area contributed by atoms with Crippen LogP contribution in [0.3, 0.4) is 0 Å². The van der Waals surface area contributed by atoms with Gasteiger partial charge in [0, 0.05) is 29.7 Å². The van der Waals surface area contributed by atoms with Crippen molar-refractivity contribution in [2.75, 3.05) is 0 Å². The summed E-state index contributed by atoms with van der Waals surface area (Å²) in [6, 6.07) is 12.8. The molecule has 1 aliphatic carbocycles. The maximum atomic E-state index is 15.5. The minimum absolute atomic E-state index is 0.0585. The van der Waals surface area contributed by atoms with Crippen LogP contribution in [-0.4, -0.2) is 22.2 Å². The number of hydrogen-bond donors (Lipinski definition) is 1. The summed E-state index contributed by atoms with van der Waals surface area (Å²) in [6.45, 7) is 5.52. The van der Waals surface area contributed by atoms with E-state index >= 15 is 4.39 Å². The number of amides is 1. The molecule has 0 saturated heterocycles. The molecule has 3 aromatic rings. The van der Waals surface area contributed by atoms with Gasteiger partial charge in [0.05, 0.1) is 11.3 Å². The fourth-order valence-corrected chi connectivity index (χ4v) is 4.61. The molecule has 1 N–H and O–H groups in total. The van der Waals surface area contributed by atoms with Gasteiger partial charge in [-0.1, -0.05) is 42.8 Å². The van der Waals surface area contributed by atoms with Crippen LogP contribution in [0.4, 0.5) is 8.78 Å². The van der Waals surface area contributed by atoms with Crippen LogP contribution in [-0.2, 0) is 6.42 Å². The van der Waals surface area contributed by atoms with Crippen molar-refractivity contribution < 1.29 is 13.6 Å². The number of carbonyl (C=O) groups excluding carboxylic acids is 1. The first kappa shape index (κ1) is 28.2. The Bertz CT molecular complexity index is 1520. The van der Waals surface area contributed by atoms with Gasteiger partial charge in [0.15, 0.2) is 0 Å². The molecule has 1 heterocycles. The molecule has 1 saturated carbocycles. The van der Waals surface area contributed by atoms with E-state index in [0.717, 1.165) is 18.4 Å². The molecule has 202 valence electrons. The molecule has 1 aromatic heterocycles. The fraction of sp³-hybridized carbons (Fsp3) is 0.258. The van der Waals surface area contributed by atoms with Crippen molar-refractivity contribution in [3.63, 3.8) is 0 Å². The van der Waals surface area contributed by atoms with Crippen molar-refractivity contribution in [1.29, 1.82) is 0 Å². The van der Waals surface area contributed by atoms with E-state index in [2.05, 4.69) is 10.3 Å². The molecular formula is C31H30ClF2N3O2. The van der Waals surface area contributed by atoms with Gasteiger partial charge in [-0.05, 0) is 86.6 Å². The number of carbonyl (C=O) groups is 1. The smallest absolute Gasteiger partial charge is 0.273 e. The molecule has 4 rings (SSSR count). The zero-order valence-corrected chi connectivity index (χ0v) is 22.8. The molecule has 0 radical (unpaired) electrons. The fourth-order valence-electron chi connectivity index (χ4n) is 4.27. The van der Waals surface area contributed by atoms with Gasteiger partial charge in [-0.3, -0.25) is 19.1 Å². The summed E-state index contributed by atoms with van der Waals surface area (Å²) in [5, 5.41) is 2.88. The van der Waals surface area contributed by atoms with Crippen LogP contribution in [0.25, 0.3) is 6.20 Å². The molecule has 1 unspecified atom stereocenters. The molecule has 1 amide bonds. The van der Waals surface area contributed by atoms with E-state index in [9.17, 15) is 14.0 Å². The second-order valence-corrected chi connectivity index (χ2v) is 10.1. The van der Waals surface area contributed by atoms with Gasteiger partial charge < -0.3 is 5.32 Å².